The van der Waals surface area contributed by atoms with Gasteiger partial charge in [0.15, 0.2) is 18.1 Å². The van der Waals surface area contributed by atoms with Crippen LogP contribution in [0.4, 0.5) is 0 Å². The number of thiophene rings is 1. The van der Waals surface area contributed by atoms with Gasteiger partial charge in [-0.05, 0) is 35.7 Å². The Balaban J connectivity index is 1.32. The van der Waals surface area contributed by atoms with Crippen molar-refractivity contribution < 1.29 is 33.0 Å². The predicted octanol–water partition coefficient (Wildman–Crippen LogP) is 3.66. The molecule has 5 rings (SSSR count). The standard InChI is InChI=1S/C23H20N2O7S/c1-28-18-10-14(11-19-22(18)31-8-7-30-19)23(27)32-13-21(26)25-16(17-4-2-6-29-17)12-15(24-25)20-5-3-9-33-20/h2-6,9-11,16H,7-8,12-13H2,1H3. The molecule has 0 saturated carbocycles. The van der Waals surface area contributed by atoms with E-state index in [0.29, 0.717) is 42.6 Å². The Kier molecular flexibility index (Phi) is 5.74. The summed E-state index contributed by atoms with van der Waals surface area (Å²) in [6.45, 7) is 0.275. The number of carbonyl (C=O) groups is 2. The van der Waals surface area contributed by atoms with E-state index in [4.69, 9.17) is 23.4 Å². The van der Waals surface area contributed by atoms with Crippen LogP contribution >= 0.6 is 11.3 Å². The molecule has 33 heavy (non-hydrogen) atoms. The van der Waals surface area contributed by atoms with Gasteiger partial charge in [-0.25, -0.2) is 9.80 Å². The third kappa shape index (κ3) is 4.17. The van der Waals surface area contributed by atoms with Gasteiger partial charge < -0.3 is 23.4 Å². The molecule has 0 spiro atoms. The van der Waals surface area contributed by atoms with Crippen LogP contribution in [-0.4, -0.2) is 49.5 Å². The lowest BCUT2D eigenvalue weighted by atomic mass is 10.1. The highest BCUT2D eigenvalue weighted by Crippen LogP contribution is 2.40. The van der Waals surface area contributed by atoms with E-state index in [0.717, 1.165) is 10.6 Å². The Morgan fingerprint density at radius 3 is 2.85 bits per heavy atom. The minimum Gasteiger partial charge on any atom is -0.493 e. The molecule has 9 nitrogen and oxygen atoms in total. The highest BCUT2D eigenvalue weighted by Gasteiger charge is 2.35. The maximum absolute atomic E-state index is 13.0. The van der Waals surface area contributed by atoms with E-state index in [9.17, 15) is 9.59 Å². The Labute approximate surface area is 193 Å². The summed E-state index contributed by atoms with van der Waals surface area (Å²) < 4.78 is 27.2. The van der Waals surface area contributed by atoms with Gasteiger partial charge in [-0.1, -0.05) is 6.07 Å². The van der Waals surface area contributed by atoms with Crippen LogP contribution in [0.25, 0.3) is 0 Å². The number of hydrazone groups is 1. The van der Waals surface area contributed by atoms with Gasteiger partial charge in [0, 0.05) is 6.42 Å². The maximum Gasteiger partial charge on any atom is 0.338 e. The maximum atomic E-state index is 13.0. The van der Waals surface area contributed by atoms with Crippen molar-refractivity contribution in [2.45, 2.75) is 12.5 Å². The third-order valence-corrected chi connectivity index (χ3v) is 6.15. The van der Waals surface area contributed by atoms with Crippen molar-refractivity contribution in [3.8, 4) is 17.2 Å². The summed E-state index contributed by atoms with van der Waals surface area (Å²) in [7, 11) is 1.47. The first kappa shape index (κ1) is 21.1. The van der Waals surface area contributed by atoms with Crippen LogP contribution in [0.3, 0.4) is 0 Å². The molecule has 0 fully saturated rings. The molecule has 4 heterocycles. The number of fused-ring (bicyclic) bond motifs is 1. The van der Waals surface area contributed by atoms with Gasteiger partial charge in [0.25, 0.3) is 5.91 Å². The molecular weight excluding hydrogens is 448 g/mol. The van der Waals surface area contributed by atoms with E-state index >= 15 is 0 Å². The molecule has 1 aromatic carbocycles. The average Bonchev–Trinajstić information content (AvgIpc) is 3.62. The Bertz CT molecular complexity index is 1170. The summed E-state index contributed by atoms with van der Waals surface area (Å²) in [5.41, 5.74) is 0.971. The van der Waals surface area contributed by atoms with E-state index in [1.165, 1.54) is 24.3 Å². The van der Waals surface area contributed by atoms with Crippen LogP contribution in [0.15, 0.2) is 57.6 Å². The molecule has 1 amide bonds. The molecule has 0 saturated heterocycles. The number of hydrogen-bond acceptors (Lipinski definition) is 9. The minimum atomic E-state index is -0.685. The van der Waals surface area contributed by atoms with Gasteiger partial charge >= 0.3 is 5.97 Å². The molecular formula is C23H20N2O7S. The zero-order valence-electron chi connectivity index (χ0n) is 17.7. The van der Waals surface area contributed by atoms with E-state index < -0.39 is 24.5 Å². The van der Waals surface area contributed by atoms with Crippen molar-refractivity contribution in [1.29, 1.82) is 0 Å². The predicted molar refractivity (Wildman–Crippen MR) is 118 cm³/mol. The number of hydrogen-bond donors (Lipinski definition) is 0. The number of methoxy groups -OCH3 is 1. The molecule has 1 unspecified atom stereocenters. The zero-order valence-corrected chi connectivity index (χ0v) is 18.5. The highest BCUT2D eigenvalue weighted by molar-refractivity contribution is 7.12. The monoisotopic (exact) mass is 468 g/mol. The number of furan rings is 1. The lowest BCUT2D eigenvalue weighted by molar-refractivity contribution is -0.136. The number of carbonyl (C=O) groups excluding carboxylic acids is 2. The number of rotatable bonds is 6. The summed E-state index contributed by atoms with van der Waals surface area (Å²) in [6.07, 6.45) is 2.06. The Morgan fingerprint density at radius 2 is 2.09 bits per heavy atom. The van der Waals surface area contributed by atoms with Crippen LogP contribution in [-0.2, 0) is 9.53 Å². The lowest BCUT2D eigenvalue weighted by Gasteiger charge is -2.21. The molecule has 2 aliphatic rings. The van der Waals surface area contributed by atoms with Gasteiger partial charge in [-0.3, -0.25) is 4.79 Å². The van der Waals surface area contributed by atoms with Crippen LogP contribution in [0.5, 0.6) is 17.2 Å². The van der Waals surface area contributed by atoms with E-state index in [2.05, 4.69) is 5.10 Å². The molecule has 170 valence electrons. The van der Waals surface area contributed by atoms with Crippen molar-refractivity contribution >= 4 is 28.9 Å². The second-order valence-corrected chi connectivity index (χ2v) is 8.22. The molecule has 2 aromatic heterocycles. The molecule has 2 aliphatic heterocycles. The molecule has 0 bridgehead atoms. The van der Waals surface area contributed by atoms with Crippen molar-refractivity contribution in [3.05, 3.63) is 64.2 Å². The largest absolute Gasteiger partial charge is 0.493 e. The van der Waals surface area contributed by atoms with Gasteiger partial charge in [-0.15, -0.1) is 11.3 Å². The molecule has 1 atom stereocenters. The van der Waals surface area contributed by atoms with Crippen molar-refractivity contribution in [2.24, 2.45) is 5.10 Å². The minimum absolute atomic E-state index is 0.190. The van der Waals surface area contributed by atoms with Gasteiger partial charge in [0.2, 0.25) is 5.75 Å². The summed E-state index contributed by atoms with van der Waals surface area (Å²) in [6, 6.07) is 10.0. The normalized spacial score (nSPS) is 16.9. The third-order valence-electron chi connectivity index (χ3n) is 5.23. The average molecular weight is 468 g/mol. The van der Waals surface area contributed by atoms with Gasteiger partial charge in [0.1, 0.15) is 25.0 Å². The topological polar surface area (TPSA) is 99.8 Å². The Hall–Kier alpha value is -3.79. The molecule has 0 radical (unpaired) electrons. The summed E-state index contributed by atoms with van der Waals surface area (Å²) >= 11 is 1.54. The number of esters is 1. The van der Waals surface area contributed by atoms with Crippen LogP contribution in [0, 0.1) is 0 Å². The number of benzene rings is 1. The number of amides is 1. The van der Waals surface area contributed by atoms with Crippen molar-refractivity contribution in [1.82, 2.24) is 5.01 Å². The second-order valence-electron chi connectivity index (χ2n) is 7.28. The molecule has 3 aromatic rings. The zero-order chi connectivity index (χ0) is 22.8. The second kappa shape index (κ2) is 8.99. The molecule has 10 heteroatoms. The Morgan fingerprint density at radius 1 is 1.21 bits per heavy atom. The fraction of sp³-hybridized carbons (Fsp3) is 0.261. The quantitative estimate of drug-likeness (QED) is 0.509. The summed E-state index contributed by atoms with van der Waals surface area (Å²) in [5, 5.41) is 7.78. The van der Waals surface area contributed by atoms with E-state index in [1.807, 2.05) is 17.5 Å². The molecule has 0 N–H and O–H groups in total. The lowest BCUT2D eigenvalue weighted by Crippen LogP contribution is -2.31. The number of ether oxygens (including phenoxy) is 4. The number of nitrogens with zero attached hydrogens (tertiary/aromatic N) is 2. The fourth-order valence-corrected chi connectivity index (χ4v) is 4.42. The first-order valence-corrected chi connectivity index (χ1v) is 11.1. The van der Waals surface area contributed by atoms with E-state index in [-0.39, 0.29) is 5.56 Å². The first-order valence-electron chi connectivity index (χ1n) is 10.3. The summed E-state index contributed by atoms with van der Waals surface area (Å²) in [4.78, 5) is 26.6. The van der Waals surface area contributed by atoms with Crippen LogP contribution < -0.4 is 14.2 Å². The van der Waals surface area contributed by atoms with Crippen molar-refractivity contribution in [3.63, 3.8) is 0 Å². The van der Waals surface area contributed by atoms with E-state index in [1.54, 1.807) is 29.7 Å². The summed E-state index contributed by atoms with van der Waals surface area (Å²) in [5.74, 6) is 0.650. The van der Waals surface area contributed by atoms with Crippen LogP contribution in [0.1, 0.15) is 33.5 Å². The fourth-order valence-electron chi connectivity index (χ4n) is 3.70. The van der Waals surface area contributed by atoms with Crippen LogP contribution in [0.2, 0.25) is 0 Å². The van der Waals surface area contributed by atoms with Crippen molar-refractivity contribution in [2.75, 3.05) is 26.9 Å². The van der Waals surface area contributed by atoms with Gasteiger partial charge in [0.05, 0.1) is 29.5 Å². The first-order chi connectivity index (χ1) is 16.1. The SMILES string of the molecule is COc1cc(C(=O)OCC(=O)N2N=C(c3cccs3)CC2c2ccco2)cc2c1OCCO2. The highest BCUT2D eigenvalue weighted by atomic mass is 32.1. The molecule has 0 aliphatic carbocycles. The van der Waals surface area contributed by atoms with Gasteiger partial charge in [-0.2, -0.15) is 5.10 Å². The smallest absolute Gasteiger partial charge is 0.338 e.